The number of halogens is 3. The third-order valence-corrected chi connectivity index (χ3v) is 3.30. The molecule has 1 unspecified atom stereocenters. The highest BCUT2D eigenvalue weighted by atomic mass is 35.5. The summed E-state index contributed by atoms with van der Waals surface area (Å²) in [7, 11) is 0. The van der Waals surface area contributed by atoms with Crippen LogP contribution in [0, 0.1) is 17.6 Å². The molecule has 0 saturated carbocycles. The van der Waals surface area contributed by atoms with E-state index >= 15 is 0 Å². The van der Waals surface area contributed by atoms with Crippen molar-refractivity contribution in [2.75, 3.05) is 19.6 Å². The lowest BCUT2D eigenvalue weighted by Gasteiger charge is -2.32. The lowest BCUT2D eigenvalue weighted by molar-refractivity contribution is 0.0673. The summed E-state index contributed by atoms with van der Waals surface area (Å²) in [5, 5.41) is 0. The zero-order valence-electron chi connectivity index (χ0n) is 10.4. The Morgan fingerprint density at radius 1 is 1.42 bits per heavy atom. The summed E-state index contributed by atoms with van der Waals surface area (Å²) in [6, 6.07) is 2.93. The maximum Gasteiger partial charge on any atom is 0.256 e. The van der Waals surface area contributed by atoms with Gasteiger partial charge in [-0.25, -0.2) is 8.78 Å². The maximum atomic E-state index is 13.5. The van der Waals surface area contributed by atoms with Gasteiger partial charge in [-0.3, -0.25) is 4.79 Å². The van der Waals surface area contributed by atoms with Gasteiger partial charge < -0.3 is 10.6 Å². The summed E-state index contributed by atoms with van der Waals surface area (Å²) in [5.74, 6) is -1.49. The van der Waals surface area contributed by atoms with Crippen LogP contribution in [0.15, 0.2) is 18.2 Å². The average molecular weight is 291 g/mol. The summed E-state index contributed by atoms with van der Waals surface area (Å²) in [6.07, 6.45) is 1.83. The number of nitrogens with two attached hydrogens (primary N) is 1. The van der Waals surface area contributed by atoms with Crippen molar-refractivity contribution in [1.29, 1.82) is 0 Å². The number of nitrogens with zero attached hydrogens (tertiary/aromatic N) is 1. The van der Waals surface area contributed by atoms with E-state index in [1.54, 1.807) is 4.90 Å². The molecule has 1 fully saturated rings. The first kappa shape index (κ1) is 15.9. The molecule has 1 aromatic rings. The molecule has 0 aliphatic carbocycles. The standard InChI is InChI=1S/C13H16F2N2O.ClH/c14-10-3-4-12(15)11(6-10)13(18)17-5-1-2-9(7-16)8-17;/h3-4,6,9H,1-2,5,7-8,16H2;1H. The Bertz CT molecular complexity index is 456. The Balaban J connectivity index is 0.00000180. The topological polar surface area (TPSA) is 46.3 Å². The smallest absolute Gasteiger partial charge is 0.256 e. The first-order chi connectivity index (χ1) is 8.61. The maximum absolute atomic E-state index is 13.5. The number of benzene rings is 1. The molecule has 106 valence electrons. The van der Waals surface area contributed by atoms with Crippen molar-refractivity contribution >= 4 is 18.3 Å². The summed E-state index contributed by atoms with van der Waals surface area (Å²) in [6.45, 7) is 1.60. The predicted molar refractivity (Wildman–Crippen MR) is 71.3 cm³/mol. The molecular weight excluding hydrogens is 274 g/mol. The molecule has 0 radical (unpaired) electrons. The number of piperidine rings is 1. The third kappa shape index (κ3) is 3.64. The molecule has 2 rings (SSSR count). The molecule has 0 aromatic heterocycles. The van der Waals surface area contributed by atoms with Crippen molar-refractivity contribution < 1.29 is 13.6 Å². The van der Waals surface area contributed by atoms with E-state index in [9.17, 15) is 13.6 Å². The van der Waals surface area contributed by atoms with Crippen LogP contribution < -0.4 is 5.73 Å². The van der Waals surface area contributed by atoms with Gasteiger partial charge in [-0.2, -0.15) is 0 Å². The lowest BCUT2D eigenvalue weighted by Crippen LogP contribution is -2.42. The highest BCUT2D eigenvalue weighted by Crippen LogP contribution is 2.19. The second kappa shape index (κ2) is 6.82. The largest absolute Gasteiger partial charge is 0.338 e. The van der Waals surface area contributed by atoms with E-state index in [1.807, 2.05) is 0 Å². The Labute approximate surface area is 117 Å². The zero-order valence-corrected chi connectivity index (χ0v) is 11.3. The van der Waals surface area contributed by atoms with Crippen LogP contribution in [0.1, 0.15) is 23.2 Å². The molecule has 2 N–H and O–H groups in total. The van der Waals surface area contributed by atoms with E-state index in [4.69, 9.17) is 5.73 Å². The summed E-state index contributed by atoms with van der Waals surface area (Å²) < 4.78 is 26.6. The summed E-state index contributed by atoms with van der Waals surface area (Å²) in [4.78, 5) is 13.7. The van der Waals surface area contributed by atoms with Gasteiger partial charge in [0.15, 0.2) is 0 Å². The molecule has 6 heteroatoms. The number of likely N-dealkylation sites (tertiary alicyclic amines) is 1. The number of carbonyl (C=O) groups excluding carboxylic acids is 1. The van der Waals surface area contributed by atoms with Gasteiger partial charge in [0, 0.05) is 13.1 Å². The molecule has 0 spiro atoms. The normalized spacial score (nSPS) is 18.9. The van der Waals surface area contributed by atoms with Gasteiger partial charge in [0.2, 0.25) is 0 Å². The van der Waals surface area contributed by atoms with Gasteiger partial charge in [0.05, 0.1) is 5.56 Å². The minimum absolute atomic E-state index is 0. The Morgan fingerprint density at radius 3 is 2.84 bits per heavy atom. The van der Waals surface area contributed by atoms with E-state index in [0.717, 1.165) is 31.0 Å². The number of hydrogen-bond donors (Lipinski definition) is 1. The first-order valence-electron chi connectivity index (χ1n) is 6.06. The third-order valence-electron chi connectivity index (χ3n) is 3.30. The molecule has 0 bridgehead atoms. The van der Waals surface area contributed by atoms with Crippen LogP contribution >= 0.6 is 12.4 Å². The molecule has 1 heterocycles. The van der Waals surface area contributed by atoms with Crippen molar-refractivity contribution in [2.24, 2.45) is 11.7 Å². The van der Waals surface area contributed by atoms with Gasteiger partial charge in [0.25, 0.3) is 5.91 Å². The molecule has 19 heavy (non-hydrogen) atoms. The number of hydrogen-bond acceptors (Lipinski definition) is 2. The van der Waals surface area contributed by atoms with Crippen LogP contribution in [0.5, 0.6) is 0 Å². The predicted octanol–water partition coefficient (Wildman–Crippen LogP) is 2.20. The molecule has 1 aliphatic heterocycles. The molecule has 1 saturated heterocycles. The highest BCUT2D eigenvalue weighted by molar-refractivity contribution is 5.94. The van der Waals surface area contributed by atoms with Crippen molar-refractivity contribution in [2.45, 2.75) is 12.8 Å². The molecule has 3 nitrogen and oxygen atoms in total. The van der Waals surface area contributed by atoms with Gasteiger partial charge in [-0.05, 0) is 43.5 Å². The van der Waals surface area contributed by atoms with E-state index in [1.165, 1.54) is 0 Å². The van der Waals surface area contributed by atoms with Crippen molar-refractivity contribution in [1.82, 2.24) is 4.90 Å². The van der Waals surface area contributed by atoms with Crippen LogP contribution in [0.2, 0.25) is 0 Å². The molecule has 1 aromatic carbocycles. The van der Waals surface area contributed by atoms with Crippen molar-refractivity contribution in [3.05, 3.63) is 35.4 Å². The van der Waals surface area contributed by atoms with Crippen LogP contribution in [0.3, 0.4) is 0 Å². The molecule has 1 atom stereocenters. The average Bonchev–Trinajstić information content (AvgIpc) is 2.41. The van der Waals surface area contributed by atoms with Crippen LogP contribution in [-0.2, 0) is 0 Å². The highest BCUT2D eigenvalue weighted by Gasteiger charge is 2.25. The molecule has 1 aliphatic rings. The van der Waals surface area contributed by atoms with Crippen LogP contribution in [-0.4, -0.2) is 30.4 Å². The number of carbonyl (C=O) groups is 1. The second-order valence-corrected chi connectivity index (χ2v) is 4.62. The minimum Gasteiger partial charge on any atom is -0.338 e. The number of rotatable bonds is 2. The van der Waals surface area contributed by atoms with E-state index in [2.05, 4.69) is 0 Å². The Kier molecular flexibility index (Phi) is 5.69. The second-order valence-electron chi connectivity index (χ2n) is 4.62. The van der Waals surface area contributed by atoms with Crippen molar-refractivity contribution in [3.63, 3.8) is 0 Å². The Hall–Kier alpha value is -1.20. The van der Waals surface area contributed by atoms with E-state index < -0.39 is 17.5 Å². The van der Waals surface area contributed by atoms with Crippen LogP contribution in [0.25, 0.3) is 0 Å². The van der Waals surface area contributed by atoms with Gasteiger partial charge in [-0.1, -0.05) is 0 Å². The monoisotopic (exact) mass is 290 g/mol. The zero-order chi connectivity index (χ0) is 13.1. The summed E-state index contributed by atoms with van der Waals surface area (Å²) in [5.41, 5.74) is 5.39. The summed E-state index contributed by atoms with van der Waals surface area (Å²) >= 11 is 0. The fourth-order valence-electron chi connectivity index (χ4n) is 2.27. The Morgan fingerprint density at radius 2 is 2.16 bits per heavy atom. The molecule has 1 amide bonds. The van der Waals surface area contributed by atoms with E-state index in [0.29, 0.717) is 19.6 Å². The first-order valence-corrected chi connectivity index (χ1v) is 6.06. The van der Waals surface area contributed by atoms with E-state index in [-0.39, 0.29) is 23.9 Å². The fraction of sp³-hybridized carbons (Fsp3) is 0.462. The minimum atomic E-state index is -0.684. The quantitative estimate of drug-likeness (QED) is 0.907. The number of amides is 1. The van der Waals surface area contributed by atoms with Crippen molar-refractivity contribution in [3.8, 4) is 0 Å². The SMILES string of the molecule is Cl.NCC1CCCN(C(=O)c2cc(F)ccc2F)C1. The lowest BCUT2D eigenvalue weighted by atomic mass is 9.97. The fourth-order valence-corrected chi connectivity index (χ4v) is 2.27. The molecular formula is C13H17ClF2N2O. The van der Waals surface area contributed by atoms with Gasteiger partial charge >= 0.3 is 0 Å². The van der Waals surface area contributed by atoms with Crippen LogP contribution in [0.4, 0.5) is 8.78 Å². The van der Waals surface area contributed by atoms with Gasteiger partial charge in [-0.15, -0.1) is 12.4 Å². The van der Waals surface area contributed by atoms with Gasteiger partial charge in [0.1, 0.15) is 11.6 Å².